The second-order valence-corrected chi connectivity index (χ2v) is 12.1. The van der Waals surface area contributed by atoms with E-state index in [4.69, 9.17) is 23.2 Å². The Morgan fingerprint density at radius 3 is 2.15 bits per heavy atom. The molecule has 0 aliphatic carbocycles. The van der Waals surface area contributed by atoms with Gasteiger partial charge in [-0.05, 0) is 62.2 Å². The minimum Gasteiger partial charge on any atom is -0.352 e. The fourth-order valence-electron chi connectivity index (χ4n) is 4.12. The van der Waals surface area contributed by atoms with Gasteiger partial charge < -0.3 is 10.2 Å². The number of rotatable bonds is 12. The van der Waals surface area contributed by atoms with E-state index in [1.165, 1.54) is 29.2 Å². The van der Waals surface area contributed by atoms with Crippen LogP contribution in [0.3, 0.4) is 0 Å². The maximum absolute atomic E-state index is 14.0. The summed E-state index contributed by atoms with van der Waals surface area (Å²) in [6, 6.07) is 16.0. The first-order valence-corrected chi connectivity index (χ1v) is 14.9. The normalized spacial score (nSPS) is 12.0. The van der Waals surface area contributed by atoms with E-state index in [-0.39, 0.29) is 40.3 Å². The molecule has 3 rings (SSSR count). The lowest BCUT2D eigenvalue weighted by molar-refractivity contribution is -0.384. The number of nitro benzene ring substituents is 1. The quantitative estimate of drug-likeness (QED) is 0.212. The molecule has 0 heterocycles. The van der Waals surface area contributed by atoms with Gasteiger partial charge >= 0.3 is 0 Å². The minimum absolute atomic E-state index is 0.0435. The minimum atomic E-state index is -4.30. The average Bonchev–Trinajstić information content (AvgIpc) is 2.93. The van der Waals surface area contributed by atoms with Crippen LogP contribution in [0.2, 0.25) is 10.0 Å². The van der Waals surface area contributed by atoms with E-state index < -0.39 is 39.3 Å². The third-order valence-corrected chi connectivity index (χ3v) is 8.64. The van der Waals surface area contributed by atoms with Crippen molar-refractivity contribution >= 4 is 56.4 Å². The van der Waals surface area contributed by atoms with Crippen LogP contribution in [-0.4, -0.2) is 48.7 Å². The number of hydrogen-bond acceptors (Lipinski definition) is 6. The highest BCUT2D eigenvalue weighted by Crippen LogP contribution is 2.28. The number of non-ortho nitro benzene ring substituents is 1. The number of anilines is 1. The van der Waals surface area contributed by atoms with Crippen molar-refractivity contribution in [1.29, 1.82) is 0 Å². The highest BCUT2D eigenvalue weighted by molar-refractivity contribution is 7.92. The Morgan fingerprint density at radius 2 is 1.61 bits per heavy atom. The number of benzene rings is 3. The van der Waals surface area contributed by atoms with E-state index in [0.717, 1.165) is 16.4 Å². The maximum atomic E-state index is 14.0. The molecule has 3 aromatic rings. The van der Waals surface area contributed by atoms with Gasteiger partial charge in [0.15, 0.2) is 0 Å². The SMILES string of the molecule is CCC(C(=O)NC(C)C)N(Cc1ccc(Cl)c(Cl)c1)C(=O)CN(c1ccc([N+](=O)[O-])cc1)S(=O)(=O)c1ccccc1. The lowest BCUT2D eigenvalue weighted by Crippen LogP contribution is -2.53. The van der Waals surface area contributed by atoms with Crippen molar-refractivity contribution in [2.75, 3.05) is 10.8 Å². The molecule has 10 nitrogen and oxygen atoms in total. The van der Waals surface area contributed by atoms with Crippen molar-refractivity contribution in [3.8, 4) is 0 Å². The van der Waals surface area contributed by atoms with Gasteiger partial charge in [0, 0.05) is 24.7 Å². The van der Waals surface area contributed by atoms with E-state index in [1.807, 2.05) is 0 Å². The third-order valence-electron chi connectivity index (χ3n) is 6.11. The van der Waals surface area contributed by atoms with Crippen LogP contribution in [0.25, 0.3) is 0 Å². The summed E-state index contributed by atoms with van der Waals surface area (Å²) in [5, 5.41) is 14.6. The lowest BCUT2D eigenvalue weighted by Gasteiger charge is -2.33. The smallest absolute Gasteiger partial charge is 0.269 e. The van der Waals surface area contributed by atoms with Crippen LogP contribution in [0.4, 0.5) is 11.4 Å². The maximum Gasteiger partial charge on any atom is 0.269 e. The molecule has 0 aliphatic heterocycles. The van der Waals surface area contributed by atoms with Crippen molar-refractivity contribution in [2.24, 2.45) is 0 Å². The summed E-state index contributed by atoms with van der Waals surface area (Å²) in [6.45, 7) is 4.59. The van der Waals surface area contributed by atoms with Crippen molar-refractivity contribution in [2.45, 2.75) is 50.7 Å². The first-order chi connectivity index (χ1) is 19.3. The zero-order chi connectivity index (χ0) is 30.3. The average molecular weight is 622 g/mol. The molecule has 1 N–H and O–H groups in total. The molecule has 0 bridgehead atoms. The summed E-state index contributed by atoms with van der Waals surface area (Å²) in [6.07, 6.45) is 0.245. The van der Waals surface area contributed by atoms with Crippen molar-refractivity contribution in [3.63, 3.8) is 0 Å². The fourth-order valence-corrected chi connectivity index (χ4v) is 5.88. The van der Waals surface area contributed by atoms with Gasteiger partial charge in [0.05, 0.1) is 25.6 Å². The van der Waals surface area contributed by atoms with E-state index in [9.17, 15) is 28.1 Å². The van der Waals surface area contributed by atoms with Gasteiger partial charge in [-0.3, -0.25) is 24.0 Å². The molecule has 0 aliphatic rings. The number of carbonyl (C=O) groups excluding carboxylic acids is 2. The summed E-state index contributed by atoms with van der Waals surface area (Å²) in [4.78, 5) is 39.0. The molecule has 41 heavy (non-hydrogen) atoms. The monoisotopic (exact) mass is 620 g/mol. The van der Waals surface area contributed by atoms with Gasteiger partial charge in [-0.25, -0.2) is 8.42 Å². The Bertz CT molecular complexity index is 1500. The van der Waals surface area contributed by atoms with Gasteiger partial charge in [0.25, 0.3) is 15.7 Å². The van der Waals surface area contributed by atoms with Crippen LogP contribution >= 0.6 is 23.2 Å². The zero-order valence-electron chi connectivity index (χ0n) is 22.7. The van der Waals surface area contributed by atoms with Crippen LogP contribution in [0, 0.1) is 10.1 Å². The number of nitrogens with one attached hydrogen (secondary N) is 1. The molecule has 0 aromatic heterocycles. The summed E-state index contributed by atoms with van der Waals surface area (Å²) < 4.78 is 28.4. The molecule has 0 fully saturated rings. The highest BCUT2D eigenvalue weighted by Gasteiger charge is 2.34. The van der Waals surface area contributed by atoms with Gasteiger partial charge in [-0.2, -0.15) is 0 Å². The van der Waals surface area contributed by atoms with Gasteiger partial charge in [-0.1, -0.05) is 54.4 Å². The second kappa shape index (κ2) is 13.8. The fraction of sp³-hybridized carbons (Fsp3) is 0.286. The molecule has 0 spiro atoms. The topological polar surface area (TPSA) is 130 Å². The number of nitrogens with zero attached hydrogens (tertiary/aromatic N) is 3. The first kappa shape index (κ1) is 31.9. The number of hydrogen-bond donors (Lipinski definition) is 1. The van der Waals surface area contributed by atoms with E-state index in [0.29, 0.717) is 10.6 Å². The van der Waals surface area contributed by atoms with E-state index in [2.05, 4.69) is 5.32 Å². The van der Waals surface area contributed by atoms with E-state index in [1.54, 1.807) is 57.2 Å². The van der Waals surface area contributed by atoms with E-state index >= 15 is 0 Å². The predicted octanol–water partition coefficient (Wildman–Crippen LogP) is 5.43. The second-order valence-electron chi connectivity index (χ2n) is 9.46. The molecular formula is C28H30Cl2N4O6S. The Morgan fingerprint density at radius 1 is 0.976 bits per heavy atom. The molecule has 1 atom stereocenters. The standard InChI is InChI=1S/C28H30Cl2N4O6S/c1-4-26(28(36)31-19(2)3)32(17-20-10-15-24(29)25(30)16-20)27(35)18-33(21-11-13-22(14-12-21)34(37)38)41(39,40)23-8-6-5-7-9-23/h5-16,19,26H,4,17-18H2,1-3H3,(H,31,36). The lowest BCUT2D eigenvalue weighted by atomic mass is 10.1. The highest BCUT2D eigenvalue weighted by atomic mass is 35.5. The van der Waals surface area contributed by atoms with Crippen LogP contribution in [0.1, 0.15) is 32.8 Å². The van der Waals surface area contributed by atoms with Crippen LogP contribution in [0.5, 0.6) is 0 Å². The Labute approximate surface area is 249 Å². The summed E-state index contributed by atoms with van der Waals surface area (Å²) >= 11 is 12.3. The predicted molar refractivity (Wildman–Crippen MR) is 158 cm³/mol. The van der Waals surface area contributed by atoms with Crippen LogP contribution < -0.4 is 9.62 Å². The summed E-state index contributed by atoms with van der Waals surface area (Å²) in [5.41, 5.74) is 0.383. The molecule has 0 saturated heterocycles. The molecule has 218 valence electrons. The van der Waals surface area contributed by atoms with Crippen molar-refractivity contribution in [3.05, 3.63) is 98.5 Å². The van der Waals surface area contributed by atoms with Crippen molar-refractivity contribution in [1.82, 2.24) is 10.2 Å². The molecule has 0 radical (unpaired) electrons. The molecular weight excluding hydrogens is 591 g/mol. The number of carbonyl (C=O) groups is 2. The largest absolute Gasteiger partial charge is 0.352 e. The summed E-state index contributed by atoms with van der Waals surface area (Å²) in [5.74, 6) is -1.07. The third kappa shape index (κ3) is 7.96. The summed E-state index contributed by atoms with van der Waals surface area (Å²) in [7, 11) is -4.30. The zero-order valence-corrected chi connectivity index (χ0v) is 25.0. The number of halogens is 2. The van der Waals surface area contributed by atoms with Crippen LogP contribution in [0.15, 0.2) is 77.7 Å². The molecule has 3 aromatic carbocycles. The van der Waals surface area contributed by atoms with Gasteiger partial charge in [-0.15, -0.1) is 0 Å². The number of sulfonamides is 1. The number of amides is 2. The van der Waals surface area contributed by atoms with Gasteiger partial charge in [0.2, 0.25) is 11.8 Å². The van der Waals surface area contributed by atoms with Crippen LogP contribution in [-0.2, 0) is 26.2 Å². The van der Waals surface area contributed by atoms with Gasteiger partial charge in [0.1, 0.15) is 12.6 Å². The molecule has 0 saturated carbocycles. The molecule has 1 unspecified atom stereocenters. The first-order valence-electron chi connectivity index (χ1n) is 12.7. The Balaban J connectivity index is 2.08. The molecule has 2 amide bonds. The Kier molecular flexibility index (Phi) is 10.7. The number of nitro groups is 1. The van der Waals surface area contributed by atoms with Crippen molar-refractivity contribution < 1.29 is 22.9 Å². The Hall–Kier alpha value is -3.67. The molecule has 13 heteroatoms.